The molecule has 2 unspecified atom stereocenters. The van der Waals surface area contributed by atoms with Crippen molar-refractivity contribution in [2.75, 3.05) is 39.3 Å². The van der Waals surface area contributed by atoms with E-state index >= 15 is 0 Å². The second-order valence-electron chi connectivity index (χ2n) is 12.2. The minimum atomic E-state index is -0.715. The maximum Gasteiger partial charge on any atom is 0.228 e. The number of nitrogens with zero attached hydrogens (tertiary/aromatic N) is 2. The molecule has 6 nitrogen and oxygen atoms in total. The van der Waals surface area contributed by atoms with E-state index in [1.807, 2.05) is 51.7 Å². The fraction of sp³-hybridized carbons (Fsp3) is 0.533. The monoisotopic (exact) mass is 526 g/mol. The van der Waals surface area contributed by atoms with Gasteiger partial charge in [0.1, 0.15) is 11.6 Å². The smallest absolute Gasteiger partial charge is 0.228 e. The van der Waals surface area contributed by atoms with Crippen molar-refractivity contribution in [2.24, 2.45) is 10.8 Å². The molecule has 0 saturated carbocycles. The van der Waals surface area contributed by atoms with Crippen LogP contribution in [0.4, 0.5) is 8.78 Å². The molecule has 2 aliphatic rings. The van der Waals surface area contributed by atoms with E-state index in [0.717, 1.165) is 11.1 Å². The molecule has 2 N–H and O–H groups in total. The van der Waals surface area contributed by atoms with Crippen molar-refractivity contribution in [1.29, 1.82) is 0 Å². The first-order valence-electron chi connectivity index (χ1n) is 13.4. The lowest BCUT2D eigenvalue weighted by molar-refractivity contribution is -0.142. The van der Waals surface area contributed by atoms with Crippen LogP contribution in [0, 0.1) is 22.5 Å². The fourth-order valence-electron chi connectivity index (χ4n) is 5.48. The molecule has 0 radical (unpaired) electrons. The van der Waals surface area contributed by atoms with Gasteiger partial charge in [-0.15, -0.1) is 0 Å². The van der Waals surface area contributed by atoms with Crippen LogP contribution in [0.15, 0.2) is 42.5 Å². The summed E-state index contributed by atoms with van der Waals surface area (Å²) in [5, 5.41) is 6.74. The standard InChI is InChI=1S/C30H40F2N4O2/c1-29(2,3)27(37)35-13-12-34-26(19-35)23-15-20(9-10-24(23)32)17-30(4,5)28(38)36-14-11-33-25(18-36)21-7-6-8-22(31)16-21/h6-10,15-16,25-26,33-34H,11-14,17-19H2,1-5H3. The lowest BCUT2D eigenvalue weighted by atomic mass is 9.83. The molecular weight excluding hydrogens is 486 g/mol. The molecule has 206 valence electrons. The number of carbonyl (C=O) groups excluding carboxylic acids is 2. The Morgan fingerprint density at radius 3 is 2.16 bits per heavy atom. The summed E-state index contributed by atoms with van der Waals surface area (Å²) in [7, 11) is 0. The van der Waals surface area contributed by atoms with Crippen molar-refractivity contribution >= 4 is 11.8 Å². The Bertz CT molecular complexity index is 1180. The third-order valence-electron chi connectivity index (χ3n) is 7.48. The van der Waals surface area contributed by atoms with Gasteiger partial charge in [-0.25, -0.2) is 8.78 Å². The van der Waals surface area contributed by atoms with Crippen LogP contribution < -0.4 is 10.6 Å². The Hall–Kier alpha value is -2.84. The van der Waals surface area contributed by atoms with Crippen LogP contribution in [0.1, 0.15) is 63.4 Å². The van der Waals surface area contributed by atoms with Gasteiger partial charge >= 0.3 is 0 Å². The molecule has 2 amide bonds. The van der Waals surface area contributed by atoms with Crippen molar-refractivity contribution in [3.8, 4) is 0 Å². The maximum atomic E-state index is 15.0. The topological polar surface area (TPSA) is 64.7 Å². The highest BCUT2D eigenvalue weighted by Gasteiger charge is 2.36. The third-order valence-corrected chi connectivity index (χ3v) is 7.48. The Kier molecular flexibility index (Phi) is 8.23. The Labute approximate surface area is 224 Å². The van der Waals surface area contributed by atoms with Crippen LogP contribution in [-0.4, -0.2) is 60.9 Å². The summed E-state index contributed by atoms with van der Waals surface area (Å²) in [6, 6.07) is 11.1. The van der Waals surface area contributed by atoms with Gasteiger partial charge in [-0.3, -0.25) is 9.59 Å². The molecule has 38 heavy (non-hydrogen) atoms. The van der Waals surface area contributed by atoms with Crippen LogP contribution >= 0.6 is 0 Å². The summed E-state index contributed by atoms with van der Waals surface area (Å²) in [4.78, 5) is 30.1. The maximum absolute atomic E-state index is 15.0. The number of nitrogens with one attached hydrogen (secondary N) is 2. The average molecular weight is 527 g/mol. The van der Waals surface area contributed by atoms with Crippen LogP contribution in [0.5, 0.6) is 0 Å². The summed E-state index contributed by atoms with van der Waals surface area (Å²) in [5.74, 6) is -0.539. The van der Waals surface area contributed by atoms with Crippen LogP contribution in [0.3, 0.4) is 0 Å². The van der Waals surface area contributed by atoms with Crippen molar-refractivity contribution in [1.82, 2.24) is 20.4 Å². The second kappa shape index (κ2) is 11.1. The van der Waals surface area contributed by atoms with E-state index in [4.69, 9.17) is 0 Å². The van der Waals surface area contributed by atoms with Gasteiger partial charge in [0.25, 0.3) is 0 Å². The van der Waals surface area contributed by atoms with Crippen molar-refractivity contribution in [3.63, 3.8) is 0 Å². The lowest BCUT2D eigenvalue weighted by Crippen LogP contribution is -2.52. The van der Waals surface area contributed by atoms with E-state index in [0.29, 0.717) is 51.3 Å². The minimum Gasteiger partial charge on any atom is -0.339 e. The zero-order valence-corrected chi connectivity index (χ0v) is 23.1. The number of hydrogen-bond acceptors (Lipinski definition) is 4. The van der Waals surface area contributed by atoms with Crippen molar-refractivity contribution < 1.29 is 18.4 Å². The number of halogens is 2. The molecule has 0 aromatic heterocycles. The van der Waals surface area contributed by atoms with E-state index in [1.54, 1.807) is 17.0 Å². The third kappa shape index (κ3) is 6.41. The van der Waals surface area contributed by atoms with E-state index in [1.165, 1.54) is 18.2 Å². The quantitative estimate of drug-likeness (QED) is 0.612. The highest BCUT2D eigenvalue weighted by Crippen LogP contribution is 2.30. The summed E-state index contributed by atoms with van der Waals surface area (Å²) in [6.45, 7) is 12.8. The molecule has 0 bridgehead atoms. The molecule has 2 aliphatic heterocycles. The SMILES string of the molecule is CC(C)(C)C(=O)N1CCNC(c2cc(CC(C)(C)C(=O)N3CCNC(c4cccc(F)c4)C3)ccc2F)C1. The van der Waals surface area contributed by atoms with Gasteiger partial charge in [-0.05, 0) is 35.7 Å². The zero-order valence-electron chi connectivity index (χ0n) is 23.1. The largest absolute Gasteiger partial charge is 0.339 e. The fourth-order valence-corrected chi connectivity index (χ4v) is 5.48. The molecule has 2 saturated heterocycles. The molecule has 2 aromatic rings. The summed E-state index contributed by atoms with van der Waals surface area (Å²) < 4.78 is 28.7. The molecule has 2 fully saturated rings. The van der Waals surface area contributed by atoms with Crippen LogP contribution in [-0.2, 0) is 16.0 Å². The van der Waals surface area contributed by atoms with Gasteiger partial charge in [0.15, 0.2) is 0 Å². The molecule has 0 aliphatic carbocycles. The van der Waals surface area contributed by atoms with Gasteiger partial charge in [-0.1, -0.05) is 58.9 Å². The van der Waals surface area contributed by atoms with Crippen molar-refractivity contribution in [2.45, 2.75) is 53.1 Å². The Morgan fingerprint density at radius 2 is 1.50 bits per heavy atom. The van der Waals surface area contributed by atoms with E-state index in [2.05, 4.69) is 10.6 Å². The molecule has 2 atom stereocenters. The van der Waals surface area contributed by atoms with E-state index in [9.17, 15) is 18.4 Å². The van der Waals surface area contributed by atoms with Gasteiger partial charge < -0.3 is 20.4 Å². The first kappa shape index (κ1) is 28.2. The number of carbonyl (C=O) groups is 2. The first-order valence-corrected chi connectivity index (χ1v) is 13.4. The zero-order chi connectivity index (χ0) is 27.7. The molecule has 2 heterocycles. The average Bonchev–Trinajstić information content (AvgIpc) is 2.88. The minimum absolute atomic E-state index is 0.0176. The Balaban J connectivity index is 1.46. The summed E-state index contributed by atoms with van der Waals surface area (Å²) >= 11 is 0. The van der Waals surface area contributed by atoms with Gasteiger partial charge in [-0.2, -0.15) is 0 Å². The van der Waals surface area contributed by atoms with Gasteiger partial charge in [0.2, 0.25) is 11.8 Å². The first-order chi connectivity index (χ1) is 17.8. The molecule has 0 spiro atoms. The molecule has 8 heteroatoms. The van der Waals surface area contributed by atoms with E-state index < -0.39 is 10.8 Å². The molecular formula is C30H40F2N4O2. The number of piperazine rings is 2. The van der Waals surface area contributed by atoms with Crippen molar-refractivity contribution in [3.05, 3.63) is 70.8 Å². The van der Waals surface area contributed by atoms with Gasteiger partial charge in [0.05, 0.1) is 12.1 Å². The lowest BCUT2D eigenvalue weighted by Gasteiger charge is -2.39. The number of amides is 2. The highest BCUT2D eigenvalue weighted by molar-refractivity contribution is 5.83. The Morgan fingerprint density at radius 1 is 0.868 bits per heavy atom. The van der Waals surface area contributed by atoms with E-state index in [-0.39, 0.29) is 35.5 Å². The van der Waals surface area contributed by atoms with Crippen LogP contribution in [0.25, 0.3) is 0 Å². The molecule has 2 aromatic carbocycles. The number of hydrogen-bond donors (Lipinski definition) is 2. The van der Waals surface area contributed by atoms with Crippen LogP contribution in [0.2, 0.25) is 0 Å². The second-order valence-corrected chi connectivity index (χ2v) is 12.2. The van der Waals surface area contributed by atoms with Gasteiger partial charge in [0, 0.05) is 55.7 Å². The summed E-state index contributed by atoms with van der Waals surface area (Å²) in [5.41, 5.74) is 1.00. The number of rotatable bonds is 5. The number of benzene rings is 2. The summed E-state index contributed by atoms with van der Waals surface area (Å²) in [6.07, 6.45) is 0.449. The predicted molar refractivity (Wildman–Crippen MR) is 144 cm³/mol. The molecule has 4 rings (SSSR count). The normalized spacial score (nSPS) is 20.9. The predicted octanol–water partition coefficient (Wildman–Crippen LogP) is 4.23. The highest BCUT2D eigenvalue weighted by atomic mass is 19.1.